The molecule has 0 saturated heterocycles. The van der Waals surface area contributed by atoms with E-state index in [2.05, 4.69) is 0 Å². The van der Waals surface area contributed by atoms with Crippen LogP contribution in [0.2, 0.25) is 0 Å². The van der Waals surface area contributed by atoms with Crippen LogP contribution in [-0.2, 0) is 6.61 Å². The van der Waals surface area contributed by atoms with Gasteiger partial charge in [-0.1, -0.05) is 6.07 Å². The van der Waals surface area contributed by atoms with Crippen molar-refractivity contribution in [3.63, 3.8) is 0 Å². The molecule has 0 amide bonds. The fourth-order valence-corrected chi connectivity index (χ4v) is 1.78. The highest BCUT2D eigenvalue weighted by Gasteiger charge is 2.20. The maximum absolute atomic E-state index is 13.0. The van der Waals surface area contributed by atoms with Crippen LogP contribution in [-0.4, -0.2) is 12.0 Å². The Morgan fingerprint density at radius 3 is 2.57 bits per heavy atom. The lowest BCUT2D eigenvalue weighted by Gasteiger charge is -2.09. The third-order valence-electron chi connectivity index (χ3n) is 2.77. The number of benzene rings is 2. The molecular formula is C14H11F2NO4. The van der Waals surface area contributed by atoms with Crippen molar-refractivity contribution in [2.45, 2.75) is 6.61 Å². The smallest absolute Gasteiger partial charge is 0.317 e. The van der Waals surface area contributed by atoms with Gasteiger partial charge in [0.15, 0.2) is 17.4 Å². The average molecular weight is 295 g/mol. The van der Waals surface area contributed by atoms with Gasteiger partial charge in [-0.05, 0) is 24.3 Å². The van der Waals surface area contributed by atoms with Crippen molar-refractivity contribution in [1.82, 2.24) is 0 Å². The number of hydrogen-bond donors (Lipinski definition) is 0. The van der Waals surface area contributed by atoms with Gasteiger partial charge < -0.3 is 9.47 Å². The topological polar surface area (TPSA) is 61.6 Å². The molecular weight excluding hydrogens is 284 g/mol. The molecule has 5 nitrogen and oxygen atoms in total. The molecule has 0 heterocycles. The minimum Gasteiger partial charge on any atom is -0.490 e. The summed E-state index contributed by atoms with van der Waals surface area (Å²) >= 11 is 0. The molecule has 110 valence electrons. The van der Waals surface area contributed by atoms with E-state index in [1.165, 1.54) is 25.3 Å². The number of ether oxygens (including phenoxy) is 2. The molecule has 2 aromatic rings. The fraction of sp³-hybridized carbons (Fsp3) is 0.143. The number of nitro groups is 1. The molecule has 0 aliphatic carbocycles. The Morgan fingerprint density at radius 2 is 1.95 bits per heavy atom. The van der Waals surface area contributed by atoms with Gasteiger partial charge >= 0.3 is 5.69 Å². The van der Waals surface area contributed by atoms with Crippen molar-refractivity contribution in [3.05, 3.63) is 63.7 Å². The molecule has 0 fully saturated rings. The monoisotopic (exact) mass is 295 g/mol. The Kier molecular flexibility index (Phi) is 4.32. The molecule has 2 aromatic carbocycles. The summed E-state index contributed by atoms with van der Waals surface area (Å²) in [5.41, 5.74) is 0.0478. The third-order valence-corrected chi connectivity index (χ3v) is 2.77. The predicted molar refractivity (Wildman–Crippen MR) is 70.3 cm³/mol. The zero-order valence-electron chi connectivity index (χ0n) is 11.0. The summed E-state index contributed by atoms with van der Waals surface area (Å²) in [5, 5.41) is 11.1. The first-order valence-electron chi connectivity index (χ1n) is 5.91. The highest BCUT2D eigenvalue weighted by atomic mass is 19.2. The van der Waals surface area contributed by atoms with Crippen molar-refractivity contribution in [3.8, 4) is 11.5 Å². The normalized spacial score (nSPS) is 10.2. The van der Waals surface area contributed by atoms with Crippen LogP contribution < -0.4 is 9.47 Å². The van der Waals surface area contributed by atoms with Crippen LogP contribution in [0.15, 0.2) is 36.4 Å². The maximum atomic E-state index is 13.0. The van der Waals surface area contributed by atoms with Crippen molar-refractivity contribution in [2.24, 2.45) is 0 Å². The second kappa shape index (κ2) is 6.17. The van der Waals surface area contributed by atoms with Gasteiger partial charge in [-0.25, -0.2) is 8.78 Å². The molecule has 0 unspecified atom stereocenters. The number of para-hydroxylation sites is 1. The Bertz CT molecular complexity index is 676. The minimum absolute atomic E-state index is 0.0750. The van der Waals surface area contributed by atoms with Gasteiger partial charge in [-0.2, -0.15) is 0 Å². The number of nitro benzene ring substituents is 1. The van der Waals surface area contributed by atoms with Gasteiger partial charge in [0.25, 0.3) is 0 Å². The van der Waals surface area contributed by atoms with Gasteiger partial charge in [-0.15, -0.1) is 0 Å². The summed E-state index contributed by atoms with van der Waals surface area (Å²) in [4.78, 5) is 10.5. The first-order valence-corrected chi connectivity index (χ1v) is 5.91. The van der Waals surface area contributed by atoms with Gasteiger partial charge in [0.05, 0.1) is 17.6 Å². The highest BCUT2D eigenvalue weighted by molar-refractivity contribution is 5.52. The molecule has 0 aliphatic heterocycles. The third kappa shape index (κ3) is 3.25. The van der Waals surface area contributed by atoms with E-state index in [1.54, 1.807) is 6.07 Å². The highest BCUT2D eigenvalue weighted by Crippen LogP contribution is 2.31. The van der Waals surface area contributed by atoms with Crippen LogP contribution in [0.5, 0.6) is 11.5 Å². The number of methoxy groups -OCH3 is 1. The number of rotatable bonds is 5. The number of hydrogen-bond acceptors (Lipinski definition) is 4. The first-order chi connectivity index (χ1) is 10.0. The molecule has 2 rings (SSSR count). The van der Waals surface area contributed by atoms with E-state index in [0.717, 1.165) is 12.1 Å². The molecule has 0 aliphatic rings. The molecule has 0 saturated carbocycles. The van der Waals surface area contributed by atoms with E-state index >= 15 is 0 Å². The van der Waals surface area contributed by atoms with Gasteiger partial charge in [0.1, 0.15) is 12.4 Å². The predicted octanol–water partition coefficient (Wildman–Crippen LogP) is 3.46. The summed E-state index contributed by atoms with van der Waals surface area (Å²) in [7, 11) is 1.32. The van der Waals surface area contributed by atoms with E-state index in [4.69, 9.17) is 9.47 Å². The standard InChI is InChI=1S/C14H11F2NO4/c1-20-13-4-2-3-9(14(13)17(18)19)8-21-10-5-6-11(15)12(16)7-10/h2-7H,8H2,1H3. The molecule has 7 heteroatoms. The summed E-state index contributed by atoms with van der Waals surface area (Å²) in [6, 6.07) is 7.58. The largest absolute Gasteiger partial charge is 0.490 e. The van der Waals surface area contributed by atoms with Crippen LogP contribution in [0.4, 0.5) is 14.5 Å². The summed E-state index contributed by atoms with van der Waals surface area (Å²) in [5.74, 6) is -1.86. The molecule has 0 atom stereocenters. The van der Waals surface area contributed by atoms with Crippen LogP contribution in [0.25, 0.3) is 0 Å². The van der Waals surface area contributed by atoms with Gasteiger partial charge in [-0.3, -0.25) is 10.1 Å². The molecule has 0 bridgehead atoms. The summed E-state index contributed by atoms with van der Waals surface area (Å²) in [6.45, 7) is -0.168. The zero-order valence-corrected chi connectivity index (χ0v) is 11.0. The van der Waals surface area contributed by atoms with Crippen molar-refractivity contribution in [1.29, 1.82) is 0 Å². The van der Waals surface area contributed by atoms with Crippen molar-refractivity contribution in [2.75, 3.05) is 7.11 Å². The SMILES string of the molecule is COc1cccc(COc2ccc(F)c(F)c2)c1[N+](=O)[O-]. The van der Waals surface area contributed by atoms with Crippen LogP contribution in [0.1, 0.15) is 5.56 Å². The molecule has 0 N–H and O–H groups in total. The maximum Gasteiger partial charge on any atom is 0.317 e. The fourth-order valence-electron chi connectivity index (χ4n) is 1.78. The van der Waals surface area contributed by atoms with E-state index in [1.807, 2.05) is 0 Å². The quantitative estimate of drug-likeness (QED) is 0.626. The zero-order chi connectivity index (χ0) is 15.4. The summed E-state index contributed by atoms with van der Waals surface area (Å²) < 4.78 is 36.0. The Labute approximate surface area is 118 Å². The van der Waals surface area contributed by atoms with Gasteiger partial charge in [0.2, 0.25) is 0 Å². The lowest BCUT2D eigenvalue weighted by Crippen LogP contribution is -2.03. The van der Waals surface area contributed by atoms with Crippen molar-refractivity contribution < 1.29 is 23.2 Å². The van der Waals surface area contributed by atoms with Gasteiger partial charge in [0, 0.05) is 6.07 Å². The number of halogens is 2. The van der Waals surface area contributed by atoms with Crippen LogP contribution in [0.3, 0.4) is 0 Å². The molecule has 21 heavy (non-hydrogen) atoms. The molecule has 0 aromatic heterocycles. The second-order valence-corrected chi connectivity index (χ2v) is 4.09. The number of nitrogens with zero attached hydrogens (tertiary/aromatic N) is 1. The van der Waals surface area contributed by atoms with E-state index in [9.17, 15) is 18.9 Å². The minimum atomic E-state index is -1.05. The first kappa shape index (κ1) is 14.7. The summed E-state index contributed by atoms with van der Waals surface area (Å²) in [6.07, 6.45) is 0. The lowest BCUT2D eigenvalue weighted by atomic mass is 10.2. The molecule has 0 radical (unpaired) electrons. The van der Waals surface area contributed by atoms with E-state index in [-0.39, 0.29) is 29.4 Å². The Hall–Kier alpha value is -2.70. The van der Waals surface area contributed by atoms with Crippen molar-refractivity contribution >= 4 is 5.69 Å². The lowest BCUT2D eigenvalue weighted by molar-refractivity contribution is -0.386. The van der Waals surface area contributed by atoms with E-state index < -0.39 is 16.6 Å². The Balaban J connectivity index is 2.23. The average Bonchev–Trinajstić information content (AvgIpc) is 2.47. The second-order valence-electron chi connectivity index (χ2n) is 4.09. The Morgan fingerprint density at radius 1 is 1.19 bits per heavy atom. The van der Waals surface area contributed by atoms with Crippen LogP contribution >= 0.6 is 0 Å². The van der Waals surface area contributed by atoms with E-state index in [0.29, 0.717) is 0 Å². The molecule has 0 spiro atoms. The van der Waals surface area contributed by atoms with Crippen LogP contribution in [0, 0.1) is 21.7 Å².